The highest BCUT2D eigenvalue weighted by molar-refractivity contribution is 6.04. The standard InChI is InChI=1S/C13H14N6O/c1-9-5-6-10(4-3-7-14)8-11(9)12(20)15-13-16-18-19(2)17-13/h5-6,8H,7,14H2,1-2H3,(H,15,17,20). The molecular weight excluding hydrogens is 256 g/mol. The molecule has 0 spiro atoms. The van der Waals surface area contributed by atoms with Gasteiger partial charge in [0.05, 0.1) is 13.6 Å². The summed E-state index contributed by atoms with van der Waals surface area (Å²) in [6.45, 7) is 2.12. The van der Waals surface area contributed by atoms with Crippen LogP contribution in [0.2, 0.25) is 0 Å². The van der Waals surface area contributed by atoms with Crippen molar-refractivity contribution in [3.05, 3.63) is 34.9 Å². The van der Waals surface area contributed by atoms with Crippen LogP contribution < -0.4 is 11.1 Å². The van der Waals surface area contributed by atoms with Crippen molar-refractivity contribution >= 4 is 11.9 Å². The molecule has 0 saturated carbocycles. The van der Waals surface area contributed by atoms with Crippen molar-refractivity contribution in [2.75, 3.05) is 11.9 Å². The van der Waals surface area contributed by atoms with E-state index in [0.29, 0.717) is 5.56 Å². The first-order chi connectivity index (χ1) is 9.60. The van der Waals surface area contributed by atoms with Crippen molar-refractivity contribution in [1.82, 2.24) is 20.2 Å². The van der Waals surface area contributed by atoms with Gasteiger partial charge in [-0.15, -0.1) is 5.10 Å². The second-order valence-electron chi connectivity index (χ2n) is 4.09. The first kappa shape index (κ1) is 13.7. The molecule has 1 aromatic carbocycles. The number of nitrogens with zero attached hydrogens (tertiary/aromatic N) is 4. The van der Waals surface area contributed by atoms with Crippen LogP contribution in [0.15, 0.2) is 18.2 Å². The number of hydrogen-bond acceptors (Lipinski definition) is 5. The molecule has 3 N–H and O–H groups in total. The summed E-state index contributed by atoms with van der Waals surface area (Å²) in [6.07, 6.45) is 0. The molecule has 102 valence electrons. The topological polar surface area (TPSA) is 98.7 Å². The predicted molar refractivity (Wildman–Crippen MR) is 73.9 cm³/mol. The lowest BCUT2D eigenvalue weighted by Crippen LogP contribution is -2.15. The summed E-state index contributed by atoms with van der Waals surface area (Å²) in [5.74, 6) is 5.51. The van der Waals surface area contributed by atoms with Crippen LogP contribution in [0, 0.1) is 18.8 Å². The molecule has 2 aromatic rings. The molecule has 0 aliphatic rings. The van der Waals surface area contributed by atoms with E-state index in [1.165, 1.54) is 4.80 Å². The predicted octanol–water partition coefficient (Wildman–Crippen LogP) is 0.0810. The Bertz CT molecular complexity index is 694. The molecule has 0 atom stereocenters. The summed E-state index contributed by atoms with van der Waals surface area (Å²) in [4.78, 5) is 13.4. The molecule has 1 amide bonds. The van der Waals surface area contributed by atoms with E-state index < -0.39 is 0 Å². The average Bonchev–Trinajstić information content (AvgIpc) is 2.83. The van der Waals surface area contributed by atoms with Crippen molar-refractivity contribution in [1.29, 1.82) is 0 Å². The molecule has 0 aliphatic heterocycles. The van der Waals surface area contributed by atoms with E-state index >= 15 is 0 Å². The Morgan fingerprint density at radius 1 is 1.50 bits per heavy atom. The number of nitrogens with one attached hydrogen (secondary N) is 1. The fourth-order valence-corrected chi connectivity index (χ4v) is 1.60. The number of rotatable bonds is 2. The summed E-state index contributed by atoms with van der Waals surface area (Å²) in [5, 5.41) is 13.8. The first-order valence-electron chi connectivity index (χ1n) is 5.95. The quantitative estimate of drug-likeness (QED) is 0.753. The summed E-state index contributed by atoms with van der Waals surface area (Å²) in [5.41, 5.74) is 7.42. The Kier molecular flexibility index (Phi) is 4.08. The Morgan fingerprint density at radius 2 is 2.30 bits per heavy atom. The van der Waals surface area contributed by atoms with Gasteiger partial charge in [-0.2, -0.15) is 4.80 Å². The number of aryl methyl sites for hydroxylation is 2. The van der Waals surface area contributed by atoms with Crippen molar-refractivity contribution in [3.8, 4) is 11.8 Å². The maximum Gasteiger partial charge on any atom is 0.270 e. The fraction of sp³-hybridized carbons (Fsp3) is 0.231. The molecule has 0 bridgehead atoms. The number of carbonyl (C=O) groups excluding carboxylic acids is 1. The van der Waals surface area contributed by atoms with Crippen molar-refractivity contribution in [3.63, 3.8) is 0 Å². The summed E-state index contributed by atoms with van der Waals surface area (Å²) >= 11 is 0. The van der Waals surface area contributed by atoms with E-state index in [4.69, 9.17) is 5.73 Å². The lowest BCUT2D eigenvalue weighted by atomic mass is 10.0. The van der Waals surface area contributed by atoms with Crippen molar-refractivity contribution in [2.45, 2.75) is 6.92 Å². The third kappa shape index (κ3) is 3.18. The summed E-state index contributed by atoms with van der Waals surface area (Å²) in [6, 6.07) is 5.39. The highest BCUT2D eigenvalue weighted by Gasteiger charge is 2.12. The van der Waals surface area contributed by atoms with Gasteiger partial charge in [-0.25, -0.2) is 0 Å². The zero-order chi connectivity index (χ0) is 14.5. The first-order valence-corrected chi connectivity index (χ1v) is 5.95. The Balaban J connectivity index is 2.24. The van der Waals surface area contributed by atoms with Crippen LogP contribution in [-0.2, 0) is 7.05 Å². The number of hydrogen-bond donors (Lipinski definition) is 2. The zero-order valence-corrected chi connectivity index (χ0v) is 11.2. The van der Waals surface area contributed by atoms with Gasteiger partial charge in [0.2, 0.25) is 0 Å². The van der Waals surface area contributed by atoms with Crippen LogP contribution in [0.4, 0.5) is 5.95 Å². The van der Waals surface area contributed by atoms with Gasteiger partial charge < -0.3 is 5.73 Å². The van der Waals surface area contributed by atoms with Gasteiger partial charge in [0.25, 0.3) is 11.9 Å². The maximum atomic E-state index is 12.2. The minimum absolute atomic E-state index is 0.162. The monoisotopic (exact) mass is 270 g/mol. The molecule has 1 heterocycles. The molecule has 0 aliphatic carbocycles. The van der Waals surface area contributed by atoms with Crippen LogP contribution in [0.5, 0.6) is 0 Å². The highest BCUT2D eigenvalue weighted by atomic mass is 16.1. The molecule has 0 saturated heterocycles. The fourth-order valence-electron chi connectivity index (χ4n) is 1.60. The SMILES string of the molecule is Cc1ccc(C#CCN)cc1C(=O)Nc1nnn(C)n1. The number of carbonyl (C=O) groups is 1. The number of nitrogens with two attached hydrogens (primary N) is 1. The third-order valence-electron chi connectivity index (χ3n) is 2.55. The van der Waals surface area contributed by atoms with Crippen LogP contribution in [-0.4, -0.2) is 32.7 Å². The van der Waals surface area contributed by atoms with Crippen LogP contribution >= 0.6 is 0 Å². The number of amides is 1. The largest absolute Gasteiger partial charge is 0.320 e. The smallest absolute Gasteiger partial charge is 0.270 e. The van der Waals surface area contributed by atoms with E-state index in [2.05, 4.69) is 32.6 Å². The van der Waals surface area contributed by atoms with Crippen molar-refractivity contribution < 1.29 is 4.79 Å². The minimum atomic E-state index is -0.299. The summed E-state index contributed by atoms with van der Waals surface area (Å²) < 4.78 is 0. The Labute approximate surface area is 116 Å². The maximum absolute atomic E-state index is 12.2. The van der Waals surface area contributed by atoms with E-state index in [9.17, 15) is 4.79 Å². The third-order valence-corrected chi connectivity index (χ3v) is 2.55. The van der Waals surface area contributed by atoms with Crippen LogP contribution in [0.1, 0.15) is 21.5 Å². The molecule has 1 aromatic heterocycles. The lowest BCUT2D eigenvalue weighted by molar-refractivity contribution is 0.102. The van der Waals surface area contributed by atoms with E-state index in [-0.39, 0.29) is 18.4 Å². The van der Waals surface area contributed by atoms with Gasteiger partial charge in [-0.1, -0.05) is 23.0 Å². The normalized spacial score (nSPS) is 9.75. The number of anilines is 1. The molecular formula is C13H14N6O. The highest BCUT2D eigenvalue weighted by Crippen LogP contribution is 2.12. The Hall–Kier alpha value is -2.72. The van der Waals surface area contributed by atoms with E-state index in [1.54, 1.807) is 13.1 Å². The van der Waals surface area contributed by atoms with Gasteiger partial charge in [0.15, 0.2) is 0 Å². The van der Waals surface area contributed by atoms with Gasteiger partial charge >= 0.3 is 0 Å². The molecule has 7 nitrogen and oxygen atoms in total. The lowest BCUT2D eigenvalue weighted by Gasteiger charge is -2.05. The average molecular weight is 270 g/mol. The molecule has 20 heavy (non-hydrogen) atoms. The molecule has 0 radical (unpaired) electrons. The van der Waals surface area contributed by atoms with Crippen molar-refractivity contribution in [2.24, 2.45) is 12.8 Å². The van der Waals surface area contributed by atoms with Gasteiger partial charge in [0, 0.05) is 11.1 Å². The molecule has 0 fully saturated rings. The zero-order valence-electron chi connectivity index (χ0n) is 11.2. The summed E-state index contributed by atoms with van der Waals surface area (Å²) in [7, 11) is 1.62. The van der Waals surface area contributed by atoms with Crippen LogP contribution in [0.25, 0.3) is 0 Å². The second kappa shape index (κ2) is 5.95. The minimum Gasteiger partial charge on any atom is -0.320 e. The molecule has 0 unspecified atom stereocenters. The van der Waals surface area contributed by atoms with Crippen LogP contribution in [0.3, 0.4) is 0 Å². The Morgan fingerprint density at radius 3 is 2.95 bits per heavy atom. The number of benzene rings is 1. The molecule has 2 rings (SSSR count). The van der Waals surface area contributed by atoms with Gasteiger partial charge in [-0.05, 0) is 29.8 Å². The second-order valence-corrected chi connectivity index (χ2v) is 4.09. The van der Waals surface area contributed by atoms with Gasteiger partial charge in [-0.3, -0.25) is 10.1 Å². The number of tetrazole rings is 1. The number of aromatic nitrogens is 4. The van der Waals surface area contributed by atoms with Gasteiger partial charge in [0.1, 0.15) is 0 Å². The molecule has 7 heteroatoms. The van der Waals surface area contributed by atoms with E-state index in [0.717, 1.165) is 11.1 Å². The van der Waals surface area contributed by atoms with E-state index in [1.807, 2.05) is 19.1 Å².